The van der Waals surface area contributed by atoms with E-state index in [0.717, 1.165) is 22.2 Å². The van der Waals surface area contributed by atoms with Gasteiger partial charge in [0.2, 0.25) is 5.82 Å². The molecule has 0 radical (unpaired) electrons. The van der Waals surface area contributed by atoms with Crippen molar-refractivity contribution in [3.8, 4) is 28.6 Å². The van der Waals surface area contributed by atoms with Crippen LogP contribution < -0.4 is 10.4 Å². The number of hydrogen-bond donors (Lipinski definition) is 1. The van der Waals surface area contributed by atoms with Gasteiger partial charge in [-0.25, -0.2) is 4.79 Å². The first-order valence-electron chi connectivity index (χ1n) is 8.89. The van der Waals surface area contributed by atoms with E-state index >= 15 is 0 Å². The van der Waals surface area contributed by atoms with Gasteiger partial charge in [-0.2, -0.15) is 4.98 Å². The van der Waals surface area contributed by atoms with Crippen LogP contribution in [-0.4, -0.2) is 26.3 Å². The number of nitrogens with zero attached hydrogens (tertiary/aromatic N) is 3. The summed E-state index contributed by atoms with van der Waals surface area (Å²) in [6.45, 7) is 6.43. The van der Waals surface area contributed by atoms with Gasteiger partial charge >= 0.3 is 5.69 Å². The van der Waals surface area contributed by atoms with Crippen LogP contribution in [0, 0.1) is 0 Å². The highest BCUT2D eigenvalue weighted by atomic mass is 16.5. The molecule has 0 unspecified atom stereocenters. The van der Waals surface area contributed by atoms with E-state index in [1.54, 1.807) is 4.57 Å². The molecule has 27 heavy (non-hydrogen) atoms. The smallest absolute Gasteiger partial charge is 0.326 e. The van der Waals surface area contributed by atoms with E-state index in [2.05, 4.69) is 15.1 Å². The number of imidazole rings is 1. The molecular weight excluding hydrogens is 344 g/mol. The molecule has 0 saturated heterocycles. The lowest BCUT2D eigenvalue weighted by Crippen LogP contribution is -2.18. The third-order valence-electron chi connectivity index (χ3n) is 4.33. The largest absolute Gasteiger partial charge is 0.493 e. The maximum absolute atomic E-state index is 12.2. The van der Waals surface area contributed by atoms with E-state index in [1.165, 1.54) is 0 Å². The van der Waals surface area contributed by atoms with Gasteiger partial charge in [-0.05, 0) is 51.1 Å². The third kappa shape index (κ3) is 3.01. The summed E-state index contributed by atoms with van der Waals surface area (Å²) in [6, 6.07) is 13.3. The Morgan fingerprint density at radius 2 is 2.04 bits per heavy atom. The van der Waals surface area contributed by atoms with Crippen LogP contribution in [0.5, 0.6) is 5.75 Å². The minimum absolute atomic E-state index is 0.0731. The summed E-state index contributed by atoms with van der Waals surface area (Å²) in [5.41, 5.74) is 2.98. The van der Waals surface area contributed by atoms with Crippen LogP contribution in [0.4, 0.5) is 0 Å². The maximum atomic E-state index is 12.2. The third-order valence-corrected chi connectivity index (χ3v) is 4.33. The second-order valence-electron chi connectivity index (χ2n) is 6.48. The van der Waals surface area contributed by atoms with Gasteiger partial charge in [-0.1, -0.05) is 17.3 Å². The highest BCUT2D eigenvalue weighted by molar-refractivity contribution is 5.81. The first-order chi connectivity index (χ1) is 13.1. The first-order valence-corrected chi connectivity index (χ1v) is 8.89. The van der Waals surface area contributed by atoms with Gasteiger partial charge in [-0.15, -0.1) is 0 Å². The molecule has 138 valence electrons. The Morgan fingerprint density at radius 3 is 2.81 bits per heavy atom. The fraction of sp³-hybridized carbons (Fsp3) is 0.250. The van der Waals surface area contributed by atoms with E-state index in [-0.39, 0.29) is 11.7 Å². The van der Waals surface area contributed by atoms with Gasteiger partial charge in [0.05, 0.1) is 23.2 Å². The van der Waals surface area contributed by atoms with E-state index in [4.69, 9.17) is 9.26 Å². The molecule has 4 aromatic rings. The van der Waals surface area contributed by atoms with Gasteiger partial charge in [0.25, 0.3) is 5.89 Å². The number of benzene rings is 2. The van der Waals surface area contributed by atoms with Crippen LogP contribution in [0.25, 0.3) is 33.9 Å². The molecule has 0 amide bonds. The van der Waals surface area contributed by atoms with Crippen molar-refractivity contribution in [1.82, 2.24) is 19.7 Å². The summed E-state index contributed by atoms with van der Waals surface area (Å²) < 4.78 is 12.8. The van der Waals surface area contributed by atoms with Crippen molar-refractivity contribution in [1.29, 1.82) is 0 Å². The molecule has 7 nitrogen and oxygen atoms in total. The van der Waals surface area contributed by atoms with Crippen molar-refractivity contribution >= 4 is 11.0 Å². The van der Waals surface area contributed by atoms with E-state index in [9.17, 15) is 4.79 Å². The minimum Gasteiger partial charge on any atom is -0.493 e. The lowest BCUT2D eigenvalue weighted by molar-refractivity contribution is 0.339. The van der Waals surface area contributed by atoms with Crippen molar-refractivity contribution in [3.63, 3.8) is 0 Å². The maximum Gasteiger partial charge on any atom is 0.326 e. The molecule has 0 aliphatic carbocycles. The van der Waals surface area contributed by atoms with Gasteiger partial charge in [-0.3, -0.25) is 4.57 Å². The average molecular weight is 364 g/mol. The number of rotatable bonds is 5. The molecule has 0 saturated carbocycles. The zero-order valence-electron chi connectivity index (χ0n) is 15.4. The number of H-pyrrole nitrogens is 1. The van der Waals surface area contributed by atoms with E-state index < -0.39 is 0 Å². The van der Waals surface area contributed by atoms with Crippen LogP contribution in [0.2, 0.25) is 0 Å². The predicted molar refractivity (Wildman–Crippen MR) is 103 cm³/mol. The number of ether oxygens (including phenoxy) is 1. The Labute approximate surface area is 155 Å². The fourth-order valence-corrected chi connectivity index (χ4v) is 3.16. The summed E-state index contributed by atoms with van der Waals surface area (Å²) in [5, 5.41) is 4.09. The summed E-state index contributed by atoms with van der Waals surface area (Å²) in [6.07, 6.45) is 0. The van der Waals surface area contributed by atoms with Gasteiger partial charge in [0.15, 0.2) is 0 Å². The number of aromatic amines is 1. The Hall–Kier alpha value is -3.35. The lowest BCUT2D eigenvalue weighted by Gasteiger charge is -2.06. The molecular formula is C20H20N4O3. The SMILES string of the molecule is CCOc1ccccc1-c1nc(-c2ccc3c(c2)[nH]c(=O)n3C(C)C)no1. The van der Waals surface area contributed by atoms with Crippen molar-refractivity contribution < 1.29 is 9.26 Å². The standard InChI is InChI=1S/C20H20N4O3/c1-4-26-17-8-6-5-7-14(17)19-22-18(23-27-19)13-9-10-16-15(11-13)21-20(25)24(16)12(2)3/h5-12H,4H2,1-3H3,(H,21,25). The summed E-state index contributed by atoms with van der Waals surface area (Å²) in [5.74, 6) is 1.54. The monoisotopic (exact) mass is 364 g/mol. The molecule has 0 bridgehead atoms. The average Bonchev–Trinajstić information content (AvgIpc) is 3.25. The molecule has 0 atom stereocenters. The van der Waals surface area contributed by atoms with Crippen LogP contribution in [0.3, 0.4) is 0 Å². The molecule has 2 heterocycles. The number of fused-ring (bicyclic) bond motifs is 1. The fourth-order valence-electron chi connectivity index (χ4n) is 3.16. The van der Waals surface area contributed by atoms with Crippen LogP contribution in [0.1, 0.15) is 26.8 Å². The topological polar surface area (TPSA) is 85.9 Å². The number of aromatic nitrogens is 4. The molecule has 2 aromatic heterocycles. The molecule has 0 aliphatic heterocycles. The summed E-state index contributed by atoms with van der Waals surface area (Å²) in [4.78, 5) is 19.6. The van der Waals surface area contributed by atoms with Crippen molar-refractivity contribution in [2.24, 2.45) is 0 Å². The second kappa shape index (κ2) is 6.75. The van der Waals surface area contributed by atoms with Gasteiger partial charge < -0.3 is 14.2 Å². The van der Waals surface area contributed by atoms with Crippen LogP contribution in [0.15, 0.2) is 51.8 Å². The van der Waals surface area contributed by atoms with Crippen molar-refractivity contribution in [2.75, 3.05) is 6.61 Å². The zero-order chi connectivity index (χ0) is 19.0. The molecule has 0 spiro atoms. The number of para-hydroxylation sites is 1. The van der Waals surface area contributed by atoms with E-state index in [1.807, 2.05) is 63.2 Å². The van der Waals surface area contributed by atoms with Crippen LogP contribution >= 0.6 is 0 Å². The highest BCUT2D eigenvalue weighted by Gasteiger charge is 2.16. The number of hydrogen-bond acceptors (Lipinski definition) is 5. The second-order valence-corrected chi connectivity index (χ2v) is 6.48. The molecule has 0 aliphatic rings. The molecule has 2 aromatic carbocycles. The Kier molecular flexibility index (Phi) is 4.27. The minimum atomic E-state index is -0.128. The van der Waals surface area contributed by atoms with Crippen molar-refractivity contribution in [3.05, 3.63) is 52.9 Å². The van der Waals surface area contributed by atoms with E-state index in [0.29, 0.717) is 24.1 Å². The van der Waals surface area contributed by atoms with Crippen LogP contribution in [-0.2, 0) is 0 Å². The summed E-state index contributed by atoms with van der Waals surface area (Å²) >= 11 is 0. The zero-order valence-corrected chi connectivity index (χ0v) is 15.4. The molecule has 0 fully saturated rings. The predicted octanol–water partition coefficient (Wildman–Crippen LogP) is 4.03. The quantitative estimate of drug-likeness (QED) is 0.578. The molecule has 1 N–H and O–H groups in total. The van der Waals surface area contributed by atoms with Gasteiger partial charge in [0, 0.05) is 11.6 Å². The first kappa shape index (κ1) is 17.1. The van der Waals surface area contributed by atoms with Crippen molar-refractivity contribution in [2.45, 2.75) is 26.8 Å². The normalized spacial score (nSPS) is 11.4. The number of nitrogens with one attached hydrogen (secondary N) is 1. The molecule has 4 rings (SSSR count). The lowest BCUT2D eigenvalue weighted by atomic mass is 10.1. The summed E-state index contributed by atoms with van der Waals surface area (Å²) in [7, 11) is 0. The Morgan fingerprint density at radius 1 is 1.22 bits per heavy atom. The Balaban J connectivity index is 1.75. The van der Waals surface area contributed by atoms with Gasteiger partial charge in [0.1, 0.15) is 5.75 Å². The molecule has 7 heteroatoms. The Bertz CT molecular complexity index is 1150. The highest BCUT2D eigenvalue weighted by Crippen LogP contribution is 2.30.